The first-order valence-electron chi connectivity index (χ1n) is 10.7. The topological polar surface area (TPSA) is 59.5 Å². The number of allylic oxidation sites excluding steroid dienone is 2. The van der Waals surface area contributed by atoms with Crippen LogP contribution in [0.25, 0.3) is 0 Å². The van der Waals surface area contributed by atoms with Crippen molar-refractivity contribution in [2.24, 2.45) is 10.9 Å². The molecule has 0 spiro atoms. The van der Waals surface area contributed by atoms with Gasteiger partial charge in [-0.1, -0.05) is 44.2 Å². The molecular weight excluding hydrogens is 378 g/mol. The summed E-state index contributed by atoms with van der Waals surface area (Å²) in [5, 5.41) is 0. The van der Waals surface area contributed by atoms with Gasteiger partial charge in [-0.2, -0.15) is 0 Å². The molecule has 0 aliphatic carbocycles. The maximum absolute atomic E-state index is 13.4. The Kier molecular flexibility index (Phi) is 5.08. The van der Waals surface area contributed by atoms with E-state index in [4.69, 9.17) is 4.99 Å². The Labute approximate surface area is 178 Å². The quantitative estimate of drug-likeness (QED) is 0.745. The molecule has 1 aromatic rings. The number of urea groups is 1. The molecule has 3 heterocycles. The van der Waals surface area contributed by atoms with Gasteiger partial charge in [0.1, 0.15) is 0 Å². The van der Waals surface area contributed by atoms with Crippen molar-refractivity contribution in [1.29, 1.82) is 0 Å². The average Bonchev–Trinajstić information content (AvgIpc) is 3.22. The minimum absolute atomic E-state index is 0.0678. The Morgan fingerprint density at radius 2 is 1.70 bits per heavy atom. The number of guanidine groups is 1. The Hall–Kier alpha value is -2.83. The van der Waals surface area contributed by atoms with E-state index >= 15 is 0 Å². The minimum atomic E-state index is -0.502. The predicted molar refractivity (Wildman–Crippen MR) is 116 cm³/mol. The number of fused-ring (bicyclic) bond motifs is 3. The maximum atomic E-state index is 13.4. The van der Waals surface area contributed by atoms with Crippen LogP contribution in [0.4, 0.5) is 4.79 Å². The molecule has 7 nitrogen and oxygen atoms in total. The van der Waals surface area contributed by atoms with E-state index in [-0.39, 0.29) is 18.0 Å². The number of carbonyl (C=O) groups is 2. The fourth-order valence-electron chi connectivity index (χ4n) is 4.58. The van der Waals surface area contributed by atoms with Gasteiger partial charge in [-0.15, -0.1) is 0 Å². The number of imide groups is 1. The van der Waals surface area contributed by atoms with E-state index in [1.165, 1.54) is 10.5 Å². The van der Waals surface area contributed by atoms with Crippen LogP contribution in [-0.4, -0.2) is 63.3 Å². The lowest BCUT2D eigenvalue weighted by Gasteiger charge is -2.41. The van der Waals surface area contributed by atoms with Crippen LogP contribution in [0.15, 0.2) is 46.7 Å². The second-order valence-electron chi connectivity index (χ2n) is 8.85. The number of aliphatic imine (C=N–C) groups is 1. The molecule has 3 unspecified atom stereocenters. The highest BCUT2D eigenvalue weighted by atomic mass is 16.2. The van der Waals surface area contributed by atoms with Crippen molar-refractivity contribution in [2.45, 2.75) is 59.3 Å². The van der Waals surface area contributed by atoms with Gasteiger partial charge in [0.15, 0.2) is 12.2 Å². The molecule has 3 aliphatic rings. The molecule has 160 valence electrons. The number of rotatable bonds is 5. The Bertz CT molecular complexity index is 923. The standard InChI is InChI=1S/C23H31N5O2/c1-14(2)12-13-26-21(29)19-20(25(6)23(26)30)24-22-27(15(3)16(4)28(19)22)17(5)18-10-8-7-9-11-18/h7-11,14,17,19-20H,12-13H2,1-6H3. The van der Waals surface area contributed by atoms with Crippen LogP contribution >= 0.6 is 0 Å². The summed E-state index contributed by atoms with van der Waals surface area (Å²) in [6.07, 6.45) is 0.297. The van der Waals surface area contributed by atoms with Crippen LogP contribution in [-0.2, 0) is 4.79 Å². The summed E-state index contributed by atoms with van der Waals surface area (Å²) in [6.45, 7) is 10.9. The van der Waals surface area contributed by atoms with Crippen molar-refractivity contribution in [2.75, 3.05) is 13.6 Å². The van der Waals surface area contributed by atoms with E-state index in [1.54, 1.807) is 11.9 Å². The zero-order valence-corrected chi connectivity index (χ0v) is 18.7. The number of benzene rings is 1. The predicted octanol–water partition coefficient (Wildman–Crippen LogP) is 3.62. The van der Waals surface area contributed by atoms with E-state index in [9.17, 15) is 9.59 Å². The third kappa shape index (κ3) is 2.99. The average molecular weight is 410 g/mol. The molecule has 3 amide bonds. The normalized spacial score (nSPS) is 24.7. The van der Waals surface area contributed by atoms with Crippen LogP contribution in [0.2, 0.25) is 0 Å². The molecule has 0 bridgehead atoms. The van der Waals surface area contributed by atoms with E-state index in [1.807, 2.05) is 30.0 Å². The molecule has 1 aromatic carbocycles. The molecule has 1 saturated heterocycles. The highest BCUT2D eigenvalue weighted by Gasteiger charge is 2.56. The van der Waals surface area contributed by atoms with Gasteiger partial charge in [-0.25, -0.2) is 9.79 Å². The van der Waals surface area contributed by atoms with Crippen LogP contribution in [0.1, 0.15) is 52.6 Å². The van der Waals surface area contributed by atoms with E-state index in [0.29, 0.717) is 12.5 Å². The minimum Gasteiger partial charge on any atom is -0.307 e. The Morgan fingerprint density at radius 3 is 2.33 bits per heavy atom. The fraction of sp³-hybridized carbons (Fsp3) is 0.522. The van der Waals surface area contributed by atoms with Gasteiger partial charge in [0.05, 0.1) is 6.04 Å². The molecule has 0 radical (unpaired) electrons. The lowest BCUT2D eigenvalue weighted by atomic mass is 10.1. The van der Waals surface area contributed by atoms with Crippen molar-refractivity contribution in [1.82, 2.24) is 19.6 Å². The van der Waals surface area contributed by atoms with Crippen LogP contribution in [0.3, 0.4) is 0 Å². The smallest absolute Gasteiger partial charge is 0.307 e. The largest absolute Gasteiger partial charge is 0.328 e. The first kappa shape index (κ1) is 20.4. The van der Waals surface area contributed by atoms with Gasteiger partial charge in [0.2, 0.25) is 5.96 Å². The number of hydrogen-bond donors (Lipinski definition) is 0. The molecule has 0 saturated carbocycles. The zero-order valence-electron chi connectivity index (χ0n) is 18.7. The van der Waals surface area contributed by atoms with Gasteiger partial charge in [-0.3, -0.25) is 14.6 Å². The Morgan fingerprint density at radius 1 is 1.03 bits per heavy atom. The summed E-state index contributed by atoms with van der Waals surface area (Å²) >= 11 is 0. The van der Waals surface area contributed by atoms with Crippen molar-refractivity contribution in [3.63, 3.8) is 0 Å². The van der Waals surface area contributed by atoms with Crippen LogP contribution in [0.5, 0.6) is 0 Å². The van der Waals surface area contributed by atoms with E-state index in [0.717, 1.165) is 23.8 Å². The first-order valence-corrected chi connectivity index (χ1v) is 10.7. The van der Waals surface area contributed by atoms with Gasteiger partial charge < -0.3 is 9.80 Å². The summed E-state index contributed by atoms with van der Waals surface area (Å²) in [5.74, 6) is 1.03. The van der Waals surface area contributed by atoms with E-state index < -0.39 is 12.2 Å². The zero-order chi connectivity index (χ0) is 21.7. The lowest BCUT2D eigenvalue weighted by molar-refractivity contribution is -0.137. The monoisotopic (exact) mass is 409 g/mol. The molecule has 0 N–H and O–H groups in total. The number of hydrogen-bond acceptors (Lipinski definition) is 5. The molecule has 3 aliphatic heterocycles. The molecular formula is C23H31N5O2. The summed E-state index contributed by atoms with van der Waals surface area (Å²) in [6, 6.07) is 9.59. The second-order valence-corrected chi connectivity index (χ2v) is 8.85. The van der Waals surface area contributed by atoms with Crippen molar-refractivity contribution in [3.05, 3.63) is 47.3 Å². The highest BCUT2D eigenvalue weighted by Crippen LogP contribution is 2.41. The molecule has 4 rings (SSSR count). The van der Waals surface area contributed by atoms with Gasteiger partial charge >= 0.3 is 6.03 Å². The van der Waals surface area contributed by atoms with Gasteiger partial charge in [-0.05, 0) is 38.7 Å². The summed E-state index contributed by atoms with van der Waals surface area (Å²) in [7, 11) is 1.75. The third-order valence-corrected chi connectivity index (χ3v) is 6.53. The third-order valence-electron chi connectivity index (χ3n) is 6.53. The summed E-state index contributed by atoms with van der Waals surface area (Å²) in [5.41, 5.74) is 3.28. The van der Waals surface area contributed by atoms with Crippen LogP contribution in [0, 0.1) is 5.92 Å². The van der Waals surface area contributed by atoms with Crippen LogP contribution < -0.4 is 0 Å². The van der Waals surface area contributed by atoms with E-state index in [2.05, 4.69) is 44.7 Å². The number of carbonyl (C=O) groups excluding carboxylic acids is 2. The first-order chi connectivity index (χ1) is 14.2. The van der Waals surface area contributed by atoms with Gasteiger partial charge in [0, 0.05) is 25.0 Å². The van der Waals surface area contributed by atoms with Crippen molar-refractivity contribution in [3.8, 4) is 0 Å². The SMILES string of the molecule is CC1=C(C)N2C(=NC3C2C(=O)N(CCC(C)C)C(=O)N3C)N1C(C)c1ccccc1. The number of amides is 3. The van der Waals surface area contributed by atoms with Crippen molar-refractivity contribution >= 4 is 17.9 Å². The lowest BCUT2D eigenvalue weighted by Crippen LogP contribution is -2.64. The summed E-state index contributed by atoms with van der Waals surface area (Å²) < 4.78 is 0. The number of likely N-dealkylation sites (N-methyl/N-ethyl adjacent to an activating group) is 1. The molecule has 7 heteroatoms. The molecule has 0 aromatic heterocycles. The molecule has 3 atom stereocenters. The van der Waals surface area contributed by atoms with Crippen molar-refractivity contribution < 1.29 is 9.59 Å². The van der Waals surface area contributed by atoms with Gasteiger partial charge in [0.25, 0.3) is 5.91 Å². The number of nitrogens with zero attached hydrogens (tertiary/aromatic N) is 5. The second kappa shape index (κ2) is 7.45. The Balaban J connectivity index is 1.68. The molecule has 1 fully saturated rings. The summed E-state index contributed by atoms with van der Waals surface area (Å²) in [4.78, 5) is 38.5. The fourth-order valence-corrected chi connectivity index (χ4v) is 4.58. The highest BCUT2D eigenvalue weighted by molar-refractivity contribution is 6.05. The maximum Gasteiger partial charge on any atom is 0.328 e. The molecule has 30 heavy (non-hydrogen) atoms.